The van der Waals surface area contributed by atoms with Gasteiger partial charge in [0.1, 0.15) is 5.69 Å². The molecule has 1 aromatic rings. The van der Waals surface area contributed by atoms with E-state index >= 15 is 0 Å². The zero-order valence-electron chi connectivity index (χ0n) is 11.8. The lowest BCUT2D eigenvalue weighted by molar-refractivity contribution is -0.115. The molecule has 2 heterocycles. The number of aryl methyl sites for hydroxylation is 1. The zero-order chi connectivity index (χ0) is 14.7. The van der Waals surface area contributed by atoms with E-state index in [1.165, 1.54) is 16.8 Å². The fraction of sp³-hybridized carbons (Fsp3) is 0.500. The van der Waals surface area contributed by atoms with Crippen LogP contribution in [0.5, 0.6) is 0 Å². The Morgan fingerprint density at radius 1 is 1.30 bits per heavy atom. The van der Waals surface area contributed by atoms with Crippen molar-refractivity contribution in [3.05, 3.63) is 28.2 Å². The van der Waals surface area contributed by atoms with E-state index in [2.05, 4.69) is 5.32 Å². The second-order valence-corrected chi connectivity index (χ2v) is 4.96. The number of nitrogens with one attached hydrogen (secondary N) is 1. The fourth-order valence-electron chi connectivity index (χ4n) is 2.26. The number of anilines is 1. The summed E-state index contributed by atoms with van der Waals surface area (Å²) >= 11 is 0. The summed E-state index contributed by atoms with van der Waals surface area (Å²) in [6, 6.07) is 1.47. The molecule has 0 saturated carbocycles. The standard InChI is InChI=1S/C14H19N3O3/c1-3-12(18)15-11-8-10(9-16(2)14(11)20)13(19)17-6-4-5-7-17/h8-9H,3-7H2,1-2H3,(H,15,18). The van der Waals surface area contributed by atoms with E-state index in [1.807, 2.05) is 0 Å². The first-order valence-electron chi connectivity index (χ1n) is 6.82. The molecular weight excluding hydrogens is 258 g/mol. The van der Waals surface area contributed by atoms with Crippen LogP contribution in [-0.2, 0) is 11.8 Å². The molecule has 0 bridgehead atoms. The van der Waals surface area contributed by atoms with Gasteiger partial charge in [-0.25, -0.2) is 0 Å². The Hall–Kier alpha value is -2.11. The Balaban J connectivity index is 2.32. The van der Waals surface area contributed by atoms with Crippen LogP contribution >= 0.6 is 0 Å². The van der Waals surface area contributed by atoms with Crippen LogP contribution < -0.4 is 10.9 Å². The van der Waals surface area contributed by atoms with Crippen LogP contribution in [0, 0.1) is 0 Å². The van der Waals surface area contributed by atoms with Gasteiger partial charge in [0.2, 0.25) is 5.91 Å². The van der Waals surface area contributed by atoms with Crippen molar-refractivity contribution in [3.63, 3.8) is 0 Å². The quantitative estimate of drug-likeness (QED) is 0.895. The van der Waals surface area contributed by atoms with Crippen LogP contribution in [0.4, 0.5) is 5.69 Å². The second kappa shape index (κ2) is 5.90. The van der Waals surface area contributed by atoms with Gasteiger partial charge in [-0.15, -0.1) is 0 Å². The largest absolute Gasteiger partial charge is 0.339 e. The molecule has 1 aromatic heterocycles. The lowest BCUT2D eigenvalue weighted by Gasteiger charge is -2.16. The summed E-state index contributed by atoms with van der Waals surface area (Å²) in [5.41, 5.74) is 0.273. The summed E-state index contributed by atoms with van der Waals surface area (Å²) in [4.78, 5) is 37.5. The molecule has 0 aromatic carbocycles. The molecule has 0 spiro atoms. The minimum atomic E-state index is -0.315. The predicted octanol–water partition coefficient (Wildman–Crippen LogP) is 0.970. The van der Waals surface area contributed by atoms with Gasteiger partial charge in [-0.05, 0) is 18.9 Å². The van der Waals surface area contributed by atoms with Gasteiger partial charge in [-0.1, -0.05) is 6.92 Å². The normalized spacial score (nSPS) is 14.4. The summed E-state index contributed by atoms with van der Waals surface area (Å²) in [7, 11) is 1.57. The van der Waals surface area contributed by atoms with Crippen LogP contribution in [0.15, 0.2) is 17.1 Å². The third-order valence-corrected chi connectivity index (χ3v) is 3.42. The van der Waals surface area contributed by atoms with Gasteiger partial charge >= 0.3 is 0 Å². The molecule has 1 aliphatic heterocycles. The van der Waals surface area contributed by atoms with E-state index < -0.39 is 0 Å². The highest BCUT2D eigenvalue weighted by Crippen LogP contribution is 2.14. The van der Waals surface area contributed by atoms with Crippen molar-refractivity contribution in [3.8, 4) is 0 Å². The highest BCUT2D eigenvalue weighted by atomic mass is 16.2. The van der Waals surface area contributed by atoms with Gasteiger partial charge in [-0.3, -0.25) is 14.4 Å². The Kier molecular flexibility index (Phi) is 4.22. The molecule has 1 aliphatic rings. The molecule has 1 N–H and O–H groups in total. The van der Waals surface area contributed by atoms with E-state index in [1.54, 1.807) is 18.9 Å². The maximum atomic E-state index is 12.3. The Morgan fingerprint density at radius 3 is 2.55 bits per heavy atom. The van der Waals surface area contributed by atoms with E-state index in [0.29, 0.717) is 5.56 Å². The lowest BCUT2D eigenvalue weighted by Crippen LogP contribution is -2.30. The number of aromatic nitrogens is 1. The molecule has 1 saturated heterocycles. The average Bonchev–Trinajstić information content (AvgIpc) is 2.96. The number of rotatable bonds is 3. The van der Waals surface area contributed by atoms with E-state index in [4.69, 9.17) is 0 Å². The SMILES string of the molecule is CCC(=O)Nc1cc(C(=O)N2CCCC2)cn(C)c1=O. The first kappa shape index (κ1) is 14.3. The molecule has 2 amide bonds. The number of hydrogen-bond donors (Lipinski definition) is 1. The minimum Gasteiger partial charge on any atom is -0.339 e. The molecule has 20 heavy (non-hydrogen) atoms. The number of carbonyl (C=O) groups is 2. The highest BCUT2D eigenvalue weighted by molar-refractivity contribution is 5.96. The van der Waals surface area contributed by atoms with Gasteiger partial charge in [0, 0.05) is 32.8 Å². The third kappa shape index (κ3) is 2.89. The summed E-state index contributed by atoms with van der Waals surface area (Å²) in [6.07, 6.45) is 3.83. The first-order valence-corrected chi connectivity index (χ1v) is 6.82. The number of amides is 2. The monoisotopic (exact) mass is 277 g/mol. The Morgan fingerprint density at radius 2 is 1.95 bits per heavy atom. The average molecular weight is 277 g/mol. The van der Waals surface area contributed by atoms with Crippen LogP contribution in [0.1, 0.15) is 36.5 Å². The van der Waals surface area contributed by atoms with Crippen molar-refractivity contribution < 1.29 is 9.59 Å². The van der Waals surface area contributed by atoms with Crippen molar-refractivity contribution in [1.82, 2.24) is 9.47 Å². The molecule has 0 radical (unpaired) electrons. The van der Waals surface area contributed by atoms with Crippen LogP contribution in [0.2, 0.25) is 0 Å². The number of carbonyl (C=O) groups excluding carboxylic acids is 2. The van der Waals surface area contributed by atoms with Gasteiger partial charge in [-0.2, -0.15) is 0 Å². The Labute approximate surface area is 117 Å². The van der Waals surface area contributed by atoms with Gasteiger partial charge in [0.25, 0.3) is 11.5 Å². The third-order valence-electron chi connectivity index (χ3n) is 3.42. The van der Waals surface area contributed by atoms with E-state index in [0.717, 1.165) is 25.9 Å². The second-order valence-electron chi connectivity index (χ2n) is 4.96. The topological polar surface area (TPSA) is 71.4 Å². The molecule has 0 unspecified atom stereocenters. The molecule has 108 valence electrons. The van der Waals surface area contributed by atoms with Crippen molar-refractivity contribution in [2.24, 2.45) is 7.05 Å². The van der Waals surface area contributed by atoms with E-state index in [9.17, 15) is 14.4 Å². The van der Waals surface area contributed by atoms with Crippen LogP contribution in [0.3, 0.4) is 0 Å². The zero-order valence-corrected chi connectivity index (χ0v) is 11.8. The predicted molar refractivity (Wildman–Crippen MR) is 75.7 cm³/mol. The van der Waals surface area contributed by atoms with Gasteiger partial charge < -0.3 is 14.8 Å². The van der Waals surface area contributed by atoms with Crippen molar-refractivity contribution >= 4 is 17.5 Å². The fourth-order valence-corrected chi connectivity index (χ4v) is 2.26. The Bertz CT molecular complexity index is 586. The lowest BCUT2D eigenvalue weighted by atomic mass is 10.2. The number of nitrogens with zero attached hydrogens (tertiary/aromatic N) is 2. The summed E-state index contributed by atoms with van der Waals surface area (Å²) in [6.45, 7) is 3.20. The minimum absolute atomic E-state index is 0.0925. The van der Waals surface area contributed by atoms with Crippen molar-refractivity contribution in [2.45, 2.75) is 26.2 Å². The van der Waals surface area contributed by atoms with Gasteiger partial charge in [0.15, 0.2) is 0 Å². The number of hydrogen-bond acceptors (Lipinski definition) is 3. The van der Waals surface area contributed by atoms with E-state index in [-0.39, 0.29) is 29.5 Å². The maximum Gasteiger partial charge on any atom is 0.274 e. The molecule has 1 fully saturated rings. The smallest absolute Gasteiger partial charge is 0.274 e. The molecule has 6 heteroatoms. The van der Waals surface area contributed by atoms with Crippen molar-refractivity contribution in [2.75, 3.05) is 18.4 Å². The number of pyridine rings is 1. The summed E-state index contributed by atoms with van der Waals surface area (Å²) in [5.74, 6) is -0.335. The van der Waals surface area contributed by atoms with Crippen LogP contribution in [-0.4, -0.2) is 34.4 Å². The highest BCUT2D eigenvalue weighted by Gasteiger charge is 2.21. The molecule has 2 rings (SSSR count). The van der Waals surface area contributed by atoms with Gasteiger partial charge in [0.05, 0.1) is 5.56 Å². The number of likely N-dealkylation sites (tertiary alicyclic amines) is 1. The summed E-state index contributed by atoms with van der Waals surface area (Å²) < 4.78 is 1.33. The van der Waals surface area contributed by atoms with Crippen LogP contribution in [0.25, 0.3) is 0 Å². The maximum absolute atomic E-state index is 12.3. The molecule has 0 atom stereocenters. The first-order chi connectivity index (χ1) is 9.52. The molecule has 0 aliphatic carbocycles. The summed E-state index contributed by atoms with van der Waals surface area (Å²) in [5, 5.41) is 2.54. The van der Waals surface area contributed by atoms with Crippen molar-refractivity contribution in [1.29, 1.82) is 0 Å². The molecule has 6 nitrogen and oxygen atoms in total. The molecular formula is C14H19N3O3.